The minimum absolute atomic E-state index is 0.312. The van der Waals surface area contributed by atoms with Gasteiger partial charge in [0, 0.05) is 68.8 Å². The molecule has 4 heterocycles. The van der Waals surface area contributed by atoms with E-state index >= 15 is 0 Å². The molecular formula is C67H57N5O2. The molecule has 2 aliphatic rings. The summed E-state index contributed by atoms with van der Waals surface area (Å²) in [5.41, 5.74) is 19.9. The molecule has 8 aromatic carbocycles. The summed E-state index contributed by atoms with van der Waals surface area (Å²) in [5, 5.41) is 23.9. The Balaban J connectivity index is 0.888. The largest absolute Gasteiger partial charge is 0.477 e. The second-order valence-electron chi connectivity index (χ2n) is 19.9. The molecule has 12 rings (SSSR count). The van der Waals surface area contributed by atoms with Gasteiger partial charge in [0.1, 0.15) is 11.6 Å². The minimum Gasteiger partial charge on any atom is -0.477 e. The maximum atomic E-state index is 11.7. The third kappa shape index (κ3) is 8.13. The van der Waals surface area contributed by atoms with Crippen LogP contribution in [0.4, 0.5) is 22.7 Å². The van der Waals surface area contributed by atoms with Gasteiger partial charge in [-0.15, -0.1) is 0 Å². The lowest BCUT2D eigenvalue weighted by atomic mass is 9.93. The molecule has 7 heteroatoms. The van der Waals surface area contributed by atoms with E-state index < -0.39 is 5.97 Å². The minimum atomic E-state index is -1.24. The molecule has 1 N–H and O–H groups in total. The first-order valence-corrected chi connectivity index (χ1v) is 26.1. The van der Waals surface area contributed by atoms with Crippen LogP contribution in [0.5, 0.6) is 0 Å². The molecule has 362 valence electrons. The van der Waals surface area contributed by atoms with Crippen molar-refractivity contribution in [2.75, 3.05) is 22.9 Å². The molecule has 0 radical (unpaired) electrons. The van der Waals surface area contributed by atoms with E-state index in [1.165, 1.54) is 83.3 Å². The predicted octanol–water partition coefficient (Wildman–Crippen LogP) is 16.3. The molecule has 0 saturated heterocycles. The topological polar surface area (TPSA) is 77.4 Å². The van der Waals surface area contributed by atoms with Crippen LogP contribution in [0.15, 0.2) is 200 Å². The lowest BCUT2D eigenvalue weighted by Crippen LogP contribution is -2.13. The maximum Gasteiger partial charge on any atom is 0.346 e. The second kappa shape index (κ2) is 19.3. The Labute approximate surface area is 432 Å². The first-order valence-electron chi connectivity index (χ1n) is 26.1. The Bertz CT molecular complexity index is 3970. The van der Waals surface area contributed by atoms with Crippen LogP contribution in [-0.4, -0.2) is 33.3 Å². The zero-order chi connectivity index (χ0) is 50.5. The molecule has 0 bridgehead atoms. The Hall–Kier alpha value is -8.86. The summed E-state index contributed by atoms with van der Waals surface area (Å²) in [5.74, 6) is -0.732. The SMILES string of the molecule is CCCc1ccc(-n2c3ccccc3c3ccc(N4CCc5cc(\C(=C/C=C/C=C(\C#N)C(=O)O)c6ccc7c(c6)CCN7c6ccc7c8ccccc8n(-c8ccc(C(C)CC)cc8)c7c6)ccc54)cc32)cc1. The zero-order valence-electron chi connectivity index (χ0n) is 42.1. The van der Waals surface area contributed by atoms with Crippen molar-refractivity contribution in [3.8, 4) is 17.4 Å². The first kappa shape index (κ1) is 46.2. The number of allylic oxidation sites excluding steroid dienone is 4. The molecule has 2 aromatic heterocycles. The summed E-state index contributed by atoms with van der Waals surface area (Å²) in [6, 6.07) is 64.7. The molecule has 0 aliphatic carbocycles. The molecule has 0 fully saturated rings. The van der Waals surface area contributed by atoms with Gasteiger partial charge in [-0.3, -0.25) is 0 Å². The second-order valence-corrected chi connectivity index (χ2v) is 19.9. The molecule has 0 spiro atoms. The summed E-state index contributed by atoms with van der Waals surface area (Å²) in [6.07, 6.45) is 12.0. The highest BCUT2D eigenvalue weighted by atomic mass is 16.4. The summed E-state index contributed by atoms with van der Waals surface area (Å²) in [6.45, 7) is 8.47. The van der Waals surface area contributed by atoms with Crippen LogP contribution in [0.25, 0.3) is 60.6 Å². The highest BCUT2D eigenvalue weighted by molar-refractivity contribution is 6.11. The average Bonchev–Trinajstić information content (AvgIpc) is 4.22. The van der Waals surface area contributed by atoms with Crippen molar-refractivity contribution in [2.45, 2.75) is 58.8 Å². The Morgan fingerprint density at radius 1 is 0.581 bits per heavy atom. The third-order valence-electron chi connectivity index (χ3n) is 15.6. The number of nitrogens with zero attached hydrogens (tertiary/aromatic N) is 5. The Kier molecular flexibility index (Phi) is 12.0. The molecule has 74 heavy (non-hydrogen) atoms. The number of anilines is 4. The van der Waals surface area contributed by atoms with Gasteiger partial charge in [-0.1, -0.05) is 130 Å². The van der Waals surface area contributed by atoms with Crippen LogP contribution in [-0.2, 0) is 24.1 Å². The van der Waals surface area contributed by atoms with E-state index in [2.05, 4.69) is 210 Å². The van der Waals surface area contributed by atoms with Crippen molar-refractivity contribution in [3.63, 3.8) is 0 Å². The number of nitriles is 1. The van der Waals surface area contributed by atoms with Crippen LogP contribution in [0.3, 0.4) is 0 Å². The van der Waals surface area contributed by atoms with Gasteiger partial charge in [0.2, 0.25) is 0 Å². The predicted molar refractivity (Wildman–Crippen MR) is 306 cm³/mol. The third-order valence-corrected chi connectivity index (χ3v) is 15.6. The number of carboxylic acids is 1. The average molecular weight is 964 g/mol. The van der Waals surface area contributed by atoms with Crippen molar-refractivity contribution < 1.29 is 9.90 Å². The van der Waals surface area contributed by atoms with E-state index in [4.69, 9.17) is 0 Å². The summed E-state index contributed by atoms with van der Waals surface area (Å²) >= 11 is 0. The van der Waals surface area contributed by atoms with Gasteiger partial charge in [0.25, 0.3) is 0 Å². The number of aryl methyl sites for hydroxylation is 1. The van der Waals surface area contributed by atoms with Gasteiger partial charge in [-0.2, -0.15) is 5.26 Å². The number of fused-ring (bicyclic) bond motifs is 8. The smallest absolute Gasteiger partial charge is 0.346 e. The van der Waals surface area contributed by atoms with Gasteiger partial charge in [0.05, 0.1) is 22.1 Å². The Morgan fingerprint density at radius 2 is 1.07 bits per heavy atom. The molecular weight excluding hydrogens is 907 g/mol. The number of benzene rings is 8. The van der Waals surface area contributed by atoms with Crippen molar-refractivity contribution in [2.24, 2.45) is 0 Å². The fourth-order valence-electron chi connectivity index (χ4n) is 11.6. The number of hydrogen-bond donors (Lipinski definition) is 1. The zero-order valence-corrected chi connectivity index (χ0v) is 42.1. The highest BCUT2D eigenvalue weighted by Gasteiger charge is 2.26. The number of rotatable bonds is 13. The van der Waals surface area contributed by atoms with Crippen LogP contribution in [0, 0.1) is 11.3 Å². The quantitative estimate of drug-likeness (QED) is 0.0708. The molecule has 1 atom stereocenters. The van der Waals surface area contributed by atoms with E-state index in [0.717, 1.165) is 84.6 Å². The Morgan fingerprint density at radius 3 is 1.57 bits per heavy atom. The van der Waals surface area contributed by atoms with Gasteiger partial charge < -0.3 is 24.0 Å². The number of aromatic nitrogens is 2. The maximum absolute atomic E-state index is 11.7. The van der Waals surface area contributed by atoms with Crippen molar-refractivity contribution in [1.29, 1.82) is 5.26 Å². The van der Waals surface area contributed by atoms with E-state index in [1.807, 2.05) is 12.2 Å². The monoisotopic (exact) mass is 963 g/mol. The summed E-state index contributed by atoms with van der Waals surface area (Å²) in [7, 11) is 0. The molecule has 0 amide bonds. The van der Waals surface area contributed by atoms with E-state index in [-0.39, 0.29) is 5.57 Å². The van der Waals surface area contributed by atoms with Crippen molar-refractivity contribution >= 4 is 77.9 Å². The normalized spacial score (nSPS) is 14.2. The number of carbonyl (C=O) groups is 1. The van der Waals surface area contributed by atoms with E-state index in [0.29, 0.717) is 5.92 Å². The standard InChI is InChI=1S/C67H57N5O2/c1-4-12-45-19-25-52(26-20-45)71-63-17-10-8-15-57(63)59-31-29-54(41-65(59)71)69-37-35-49-39-47(23-33-61(49)69)56(14-7-6-13-51(43-68)67(73)74)48-24-34-62-50(40-48)36-38-70(62)55-30-32-60-58-16-9-11-18-64(58)72(66(60)42-55)53-27-21-46(22-28-53)44(3)5-2/h6-11,13-34,39-42,44H,4-5,12,35-38H2,1-3H3,(H,73,74)/b7-6+,51-13+,56-14+. The van der Waals surface area contributed by atoms with Crippen molar-refractivity contribution in [3.05, 3.63) is 233 Å². The fraction of sp³-hybridized carbons (Fsp3) is 0.164. The summed E-state index contributed by atoms with van der Waals surface area (Å²) < 4.78 is 4.81. The van der Waals surface area contributed by atoms with Crippen LogP contribution in [0.2, 0.25) is 0 Å². The van der Waals surface area contributed by atoms with Crippen molar-refractivity contribution in [1.82, 2.24) is 9.13 Å². The molecule has 0 saturated carbocycles. The van der Waals surface area contributed by atoms with Gasteiger partial charge in [-0.25, -0.2) is 4.79 Å². The summed E-state index contributed by atoms with van der Waals surface area (Å²) in [4.78, 5) is 16.6. The number of aliphatic carboxylic acids is 1. The van der Waals surface area contributed by atoms with E-state index in [1.54, 1.807) is 12.1 Å². The van der Waals surface area contributed by atoms with Crippen LogP contribution in [0.1, 0.15) is 72.9 Å². The highest BCUT2D eigenvalue weighted by Crippen LogP contribution is 2.43. The van der Waals surface area contributed by atoms with Gasteiger partial charge >= 0.3 is 5.97 Å². The first-order chi connectivity index (χ1) is 36.3. The molecule has 10 aromatic rings. The molecule has 1 unspecified atom stereocenters. The fourth-order valence-corrected chi connectivity index (χ4v) is 11.6. The van der Waals surface area contributed by atoms with Gasteiger partial charge in [-0.05, 0) is 162 Å². The van der Waals surface area contributed by atoms with E-state index in [9.17, 15) is 15.2 Å². The molecule has 2 aliphatic heterocycles. The molecule has 7 nitrogen and oxygen atoms in total. The number of para-hydroxylation sites is 2. The van der Waals surface area contributed by atoms with Crippen LogP contribution < -0.4 is 9.80 Å². The van der Waals surface area contributed by atoms with Gasteiger partial charge in [0.15, 0.2) is 0 Å². The lowest BCUT2D eigenvalue weighted by Gasteiger charge is -2.21. The lowest BCUT2D eigenvalue weighted by molar-refractivity contribution is -0.132. The number of carboxylic acid groups (broad SMARTS) is 1. The van der Waals surface area contributed by atoms with Crippen LogP contribution >= 0.6 is 0 Å². The number of hydrogen-bond acceptors (Lipinski definition) is 4.